The van der Waals surface area contributed by atoms with Crippen LogP contribution in [0.2, 0.25) is 0 Å². The number of nitrogens with one attached hydrogen (secondary N) is 2. The standard InChI is InChI=1S/C27H26FN5O3/c1-35-22-7-2-4-17(12-22)15-36-16-20-8-9-21(14-23(20)28)31-27(34)19-6-3-5-18(13-19)25-11-10-24(29)26(32-25)33-30/h2-14H,15-16,29-30H2,1H3,(H,31,34)(H,32,33). The smallest absolute Gasteiger partial charge is 0.255 e. The molecule has 0 aliphatic carbocycles. The lowest BCUT2D eigenvalue weighted by Gasteiger charge is -2.11. The van der Waals surface area contributed by atoms with Crippen LogP contribution in [0.15, 0.2) is 78.9 Å². The highest BCUT2D eigenvalue weighted by Gasteiger charge is 2.11. The van der Waals surface area contributed by atoms with Crippen LogP contribution in [0.5, 0.6) is 5.75 Å². The zero-order valence-electron chi connectivity index (χ0n) is 19.6. The summed E-state index contributed by atoms with van der Waals surface area (Å²) in [5.41, 5.74) is 12.0. The lowest BCUT2D eigenvalue weighted by atomic mass is 10.1. The van der Waals surface area contributed by atoms with Crippen LogP contribution in [0.1, 0.15) is 21.5 Å². The average molecular weight is 488 g/mol. The molecule has 1 heterocycles. The third kappa shape index (κ3) is 5.96. The summed E-state index contributed by atoms with van der Waals surface area (Å²) in [6.07, 6.45) is 0. The lowest BCUT2D eigenvalue weighted by Crippen LogP contribution is -2.13. The molecule has 6 N–H and O–H groups in total. The van der Waals surface area contributed by atoms with Crippen LogP contribution in [0.25, 0.3) is 11.3 Å². The Morgan fingerprint density at radius 3 is 2.61 bits per heavy atom. The van der Waals surface area contributed by atoms with Crippen LogP contribution in [-0.4, -0.2) is 18.0 Å². The molecule has 9 heteroatoms. The van der Waals surface area contributed by atoms with Gasteiger partial charge in [-0.15, -0.1) is 0 Å². The number of carbonyl (C=O) groups excluding carboxylic acids is 1. The number of amides is 1. The van der Waals surface area contributed by atoms with E-state index < -0.39 is 5.82 Å². The molecule has 8 nitrogen and oxygen atoms in total. The molecule has 0 unspecified atom stereocenters. The summed E-state index contributed by atoms with van der Waals surface area (Å²) >= 11 is 0. The maximum absolute atomic E-state index is 14.7. The van der Waals surface area contributed by atoms with Gasteiger partial charge in [0, 0.05) is 22.4 Å². The van der Waals surface area contributed by atoms with Gasteiger partial charge in [0.1, 0.15) is 11.6 Å². The summed E-state index contributed by atoms with van der Waals surface area (Å²) in [6, 6.07) is 22.3. The third-order valence-electron chi connectivity index (χ3n) is 5.46. The highest BCUT2D eigenvalue weighted by molar-refractivity contribution is 6.05. The number of nitrogen functional groups attached to an aromatic ring is 2. The molecule has 0 saturated carbocycles. The number of nitrogens with zero attached hydrogens (tertiary/aromatic N) is 1. The van der Waals surface area contributed by atoms with E-state index in [4.69, 9.17) is 21.1 Å². The van der Waals surface area contributed by atoms with Crippen molar-refractivity contribution < 1.29 is 18.7 Å². The molecule has 0 radical (unpaired) electrons. The number of aromatic nitrogens is 1. The van der Waals surface area contributed by atoms with Crippen LogP contribution < -0.4 is 27.1 Å². The highest BCUT2D eigenvalue weighted by Crippen LogP contribution is 2.24. The Bertz CT molecular complexity index is 1380. The van der Waals surface area contributed by atoms with Gasteiger partial charge in [-0.25, -0.2) is 15.2 Å². The summed E-state index contributed by atoms with van der Waals surface area (Å²) in [5.74, 6) is 5.66. The Hall–Kier alpha value is -4.47. The summed E-state index contributed by atoms with van der Waals surface area (Å²) in [5, 5.41) is 2.72. The van der Waals surface area contributed by atoms with E-state index in [9.17, 15) is 9.18 Å². The number of carbonyl (C=O) groups is 1. The minimum atomic E-state index is -0.472. The first-order valence-corrected chi connectivity index (χ1v) is 11.1. The molecule has 0 spiro atoms. The minimum absolute atomic E-state index is 0.0908. The maximum atomic E-state index is 14.7. The van der Waals surface area contributed by atoms with Crippen molar-refractivity contribution >= 4 is 23.1 Å². The Labute approximate surface area is 208 Å². The van der Waals surface area contributed by atoms with Gasteiger partial charge < -0.3 is 25.9 Å². The number of halogens is 1. The SMILES string of the molecule is COc1cccc(COCc2ccc(NC(=O)c3cccc(-c4ccc(N)c(NN)n4)c3)cc2F)c1. The molecule has 1 amide bonds. The molecular weight excluding hydrogens is 461 g/mol. The van der Waals surface area contributed by atoms with Gasteiger partial charge in [0.05, 0.1) is 31.7 Å². The molecule has 4 rings (SSSR count). The van der Waals surface area contributed by atoms with Crippen LogP contribution in [0, 0.1) is 5.82 Å². The van der Waals surface area contributed by atoms with Crippen molar-refractivity contribution in [2.45, 2.75) is 13.2 Å². The normalized spacial score (nSPS) is 10.6. The van der Waals surface area contributed by atoms with Gasteiger partial charge in [0.15, 0.2) is 5.82 Å². The van der Waals surface area contributed by atoms with E-state index in [1.165, 1.54) is 6.07 Å². The quantitative estimate of drug-likeness (QED) is 0.199. The fourth-order valence-corrected chi connectivity index (χ4v) is 3.55. The number of hydrazine groups is 1. The third-order valence-corrected chi connectivity index (χ3v) is 5.46. The fraction of sp³-hybridized carbons (Fsp3) is 0.111. The van der Waals surface area contributed by atoms with Gasteiger partial charge in [-0.2, -0.15) is 0 Å². The number of nitrogens with two attached hydrogens (primary N) is 2. The fourth-order valence-electron chi connectivity index (χ4n) is 3.55. The molecule has 0 atom stereocenters. The molecule has 0 aliphatic rings. The van der Waals surface area contributed by atoms with E-state index in [-0.39, 0.29) is 12.5 Å². The number of hydrogen-bond acceptors (Lipinski definition) is 7. The number of ether oxygens (including phenoxy) is 2. The van der Waals surface area contributed by atoms with Crippen LogP contribution in [0.4, 0.5) is 21.6 Å². The minimum Gasteiger partial charge on any atom is -0.497 e. The van der Waals surface area contributed by atoms with E-state index in [0.29, 0.717) is 46.2 Å². The van der Waals surface area contributed by atoms with Crippen molar-refractivity contribution in [1.82, 2.24) is 4.98 Å². The van der Waals surface area contributed by atoms with Gasteiger partial charge in [0.2, 0.25) is 0 Å². The number of benzene rings is 3. The molecule has 36 heavy (non-hydrogen) atoms. The Morgan fingerprint density at radius 2 is 1.83 bits per heavy atom. The lowest BCUT2D eigenvalue weighted by molar-refractivity contribution is 0.102. The van der Waals surface area contributed by atoms with Crippen LogP contribution >= 0.6 is 0 Å². The molecule has 0 bridgehead atoms. The van der Waals surface area contributed by atoms with Crippen molar-refractivity contribution in [3.63, 3.8) is 0 Å². The summed E-state index contributed by atoms with van der Waals surface area (Å²) in [7, 11) is 1.60. The van der Waals surface area contributed by atoms with E-state index in [1.54, 1.807) is 49.6 Å². The predicted molar refractivity (Wildman–Crippen MR) is 138 cm³/mol. The molecule has 3 aromatic carbocycles. The molecule has 0 aliphatic heterocycles. The topological polar surface area (TPSA) is 125 Å². The number of anilines is 3. The molecule has 0 saturated heterocycles. The van der Waals surface area contributed by atoms with Gasteiger partial charge in [-0.3, -0.25) is 4.79 Å². The number of hydrogen-bond donors (Lipinski definition) is 4. The highest BCUT2D eigenvalue weighted by atomic mass is 19.1. The molecule has 184 valence electrons. The van der Waals surface area contributed by atoms with Crippen molar-refractivity contribution in [1.29, 1.82) is 0 Å². The number of pyridine rings is 1. The first-order valence-electron chi connectivity index (χ1n) is 11.1. The summed E-state index contributed by atoms with van der Waals surface area (Å²) in [6.45, 7) is 0.407. The zero-order valence-corrected chi connectivity index (χ0v) is 19.6. The van der Waals surface area contributed by atoms with Gasteiger partial charge in [-0.05, 0) is 54.1 Å². The molecular formula is C27H26FN5O3. The Morgan fingerprint density at radius 1 is 1.00 bits per heavy atom. The molecule has 4 aromatic rings. The van der Waals surface area contributed by atoms with Gasteiger partial charge in [0.25, 0.3) is 5.91 Å². The second kappa shape index (κ2) is 11.3. The second-order valence-electron chi connectivity index (χ2n) is 7.96. The van der Waals surface area contributed by atoms with Crippen molar-refractivity contribution in [3.8, 4) is 17.0 Å². The van der Waals surface area contributed by atoms with E-state index >= 15 is 0 Å². The number of methoxy groups -OCH3 is 1. The van der Waals surface area contributed by atoms with E-state index in [2.05, 4.69) is 15.7 Å². The predicted octanol–water partition coefficient (Wildman–Crippen LogP) is 4.73. The average Bonchev–Trinajstić information content (AvgIpc) is 2.90. The number of rotatable bonds is 9. The van der Waals surface area contributed by atoms with Crippen molar-refractivity contribution in [2.75, 3.05) is 23.6 Å². The largest absolute Gasteiger partial charge is 0.497 e. The van der Waals surface area contributed by atoms with E-state index in [0.717, 1.165) is 11.3 Å². The van der Waals surface area contributed by atoms with Crippen molar-refractivity contribution in [2.24, 2.45) is 5.84 Å². The monoisotopic (exact) mass is 487 g/mol. The Kier molecular flexibility index (Phi) is 7.74. The van der Waals surface area contributed by atoms with Crippen LogP contribution in [0.3, 0.4) is 0 Å². The van der Waals surface area contributed by atoms with Crippen LogP contribution in [-0.2, 0) is 18.0 Å². The van der Waals surface area contributed by atoms with E-state index in [1.807, 2.05) is 30.3 Å². The summed E-state index contributed by atoms with van der Waals surface area (Å²) < 4.78 is 25.5. The van der Waals surface area contributed by atoms with Gasteiger partial charge >= 0.3 is 0 Å². The van der Waals surface area contributed by atoms with Gasteiger partial charge in [-0.1, -0.05) is 30.3 Å². The maximum Gasteiger partial charge on any atom is 0.255 e. The Balaban J connectivity index is 1.39. The summed E-state index contributed by atoms with van der Waals surface area (Å²) in [4.78, 5) is 17.2. The van der Waals surface area contributed by atoms with Crippen molar-refractivity contribution in [3.05, 3.63) is 101 Å². The first kappa shape index (κ1) is 24.6. The molecule has 0 fully saturated rings. The first-order chi connectivity index (χ1) is 17.5. The second-order valence-corrected chi connectivity index (χ2v) is 7.96. The zero-order chi connectivity index (χ0) is 25.5. The molecule has 1 aromatic heterocycles.